The second-order valence-electron chi connectivity index (χ2n) is 24.4. The summed E-state index contributed by atoms with van der Waals surface area (Å²) in [4.78, 5) is 66.1. The molecule has 2 heterocycles. The van der Waals surface area contributed by atoms with Gasteiger partial charge < -0.3 is 119 Å². The van der Waals surface area contributed by atoms with E-state index >= 15 is 0 Å². The Morgan fingerprint density at radius 3 is 1.39 bits per heavy atom. The first kappa shape index (κ1) is 92.1. The van der Waals surface area contributed by atoms with E-state index in [1.807, 2.05) is 13.8 Å². The lowest BCUT2D eigenvalue weighted by Gasteiger charge is -2.47. The monoisotopic (exact) mass is 1490 g/mol. The fraction of sp³-hybridized carbons (Fsp3) is 0.949. The number of carbonyl (C=O) groups is 3. The molecule has 39 heteroatoms. The molecular formula is C59H116N3O33P3. The summed E-state index contributed by atoms with van der Waals surface area (Å²) in [5.74, 6) is -1.64. The molecule has 0 aromatic carbocycles. The summed E-state index contributed by atoms with van der Waals surface area (Å²) in [6.07, 6.45) is -5.75. The smallest absolute Gasteiger partial charge is 0.394 e. The fourth-order valence-corrected chi connectivity index (χ4v) is 12.3. The normalized spacial score (nSPS) is 25.1. The summed E-state index contributed by atoms with van der Waals surface area (Å²) in [6, 6.07) is -2.03. The molecule has 2 aliphatic heterocycles. The van der Waals surface area contributed by atoms with Gasteiger partial charge in [-0.3, -0.25) is 41.5 Å². The number of phosphoric ester groups is 3. The summed E-state index contributed by atoms with van der Waals surface area (Å²) in [5.41, 5.74) is -2.58. The molecule has 17 atom stereocenters. The molecule has 0 saturated carbocycles. The molecule has 0 radical (unpaired) electrons. The summed E-state index contributed by atoms with van der Waals surface area (Å²) in [6.45, 7) is 6.27. The molecule has 2 fully saturated rings. The molecule has 3 amide bonds. The average molecular weight is 1490 g/mol. The summed E-state index contributed by atoms with van der Waals surface area (Å²) >= 11 is 0. The van der Waals surface area contributed by atoms with E-state index in [1.54, 1.807) is 0 Å². The Labute approximate surface area is 574 Å². The quantitative estimate of drug-likeness (QED) is 0.0223. The van der Waals surface area contributed by atoms with Crippen LogP contribution in [0.15, 0.2) is 0 Å². The molecule has 0 aliphatic carbocycles. The third-order valence-electron chi connectivity index (χ3n) is 15.8. The first-order chi connectivity index (χ1) is 46.4. The van der Waals surface area contributed by atoms with Gasteiger partial charge in [0.1, 0.15) is 54.2 Å². The average Bonchev–Trinajstić information content (AvgIpc) is 0.771. The van der Waals surface area contributed by atoms with Crippen LogP contribution in [0.3, 0.4) is 0 Å². The maximum Gasteiger partial charge on any atom is 0.472 e. The van der Waals surface area contributed by atoms with Crippen molar-refractivity contribution in [2.24, 2.45) is 11.3 Å². The van der Waals surface area contributed by atoms with Crippen LogP contribution in [0.25, 0.3) is 0 Å². The van der Waals surface area contributed by atoms with Crippen LogP contribution in [0.5, 0.6) is 0 Å². The zero-order valence-corrected chi connectivity index (χ0v) is 60.2. The van der Waals surface area contributed by atoms with E-state index in [0.717, 1.165) is 0 Å². The van der Waals surface area contributed by atoms with Crippen molar-refractivity contribution in [2.75, 3.05) is 132 Å². The maximum atomic E-state index is 12.7. The van der Waals surface area contributed by atoms with Crippen LogP contribution < -0.4 is 16.0 Å². The Kier molecular flexibility index (Phi) is 47.4. The predicted octanol–water partition coefficient (Wildman–Crippen LogP) is 0.451. The molecule has 36 nitrogen and oxygen atoms in total. The molecule has 0 bridgehead atoms. The highest BCUT2D eigenvalue weighted by Gasteiger charge is 2.54. The van der Waals surface area contributed by atoms with Crippen LogP contribution in [-0.4, -0.2) is 290 Å². The Morgan fingerprint density at radius 2 is 1.00 bits per heavy atom. The van der Waals surface area contributed by atoms with Gasteiger partial charge in [0, 0.05) is 65.8 Å². The van der Waals surface area contributed by atoms with Crippen molar-refractivity contribution in [3.05, 3.63) is 0 Å². The van der Waals surface area contributed by atoms with Gasteiger partial charge in [0.2, 0.25) is 17.7 Å². The molecule has 0 aromatic heterocycles. The van der Waals surface area contributed by atoms with Gasteiger partial charge in [-0.2, -0.15) is 0 Å². The Bertz CT molecular complexity index is 2290. The highest BCUT2D eigenvalue weighted by atomic mass is 31.2. The first-order valence-electron chi connectivity index (χ1n) is 33.5. The molecule has 0 spiro atoms. The number of hydrogen-bond acceptors (Lipinski definition) is 30. The summed E-state index contributed by atoms with van der Waals surface area (Å²) < 4.78 is 121. The topological polar surface area (TPSA) is 520 Å². The highest BCUT2D eigenvalue weighted by molar-refractivity contribution is 7.47. The minimum Gasteiger partial charge on any atom is -0.394 e. The van der Waals surface area contributed by atoms with Crippen LogP contribution in [0.4, 0.5) is 0 Å². The Hall–Kier alpha value is -1.98. The number of unbranched alkanes of at least 4 members (excludes halogenated alkanes) is 9. The van der Waals surface area contributed by atoms with Gasteiger partial charge in [0.25, 0.3) is 0 Å². The molecule has 0 aromatic rings. The van der Waals surface area contributed by atoms with E-state index in [2.05, 4.69) is 16.0 Å². The SMILES string of the molecule is CC(=O)NC1C(OCCCCCCOP(=O)(O)OCCCOCC(COCCCOP(=O)(O)OCCCCCCOC(OC(CO)[C@@H](C)O)[C@H](CO)NC(C)=O)(COCCCOP(=O)(O)OCCCCCCOC2OCC(O)C(O)[C@]2(CO)NC(C)=O)C(C)C)OC(CO)C(O)C1O. The van der Waals surface area contributed by atoms with E-state index in [-0.39, 0.29) is 131 Å². The van der Waals surface area contributed by atoms with Crippen molar-refractivity contribution in [1.82, 2.24) is 16.0 Å². The van der Waals surface area contributed by atoms with Crippen LogP contribution in [0, 0.1) is 11.3 Å². The first-order valence-corrected chi connectivity index (χ1v) is 38.0. The molecule has 580 valence electrons. The lowest BCUT2D eigenvalue weighted by Crippen LogP contribution is -2.73. The number of amides is 3. The lowest BCUT2D eigenvalue weighted by molar-refractivity contribution is -0.273. The number of carbonyl (C=O) groups excluding carboxylic acids is 3. The van der Waals surface area contributed by atoms with E-state index in [1.165, 1.54) is 27.7 Å². The number of rotatable bonds is 60. The number of ether oxygens (including phenoxy) is 9. The number of aliphatic hydroxyl groups is 9. The number of phosphoric acid groups is 3. The number of nitrogens with one attached hydrogen (secondary N) is 3. The van der Waals surface area contributed by atoms with Crippen molar-refractivity contribution < 1.29 is 158 Å². The van der Waals surface area contributed by atoms with Gasteiger partial charge in [0.15, 0.2) is 18.9 Å². The van der Waals surface area contributed by atoms with E-state index in [4.69, 9.17) is 69.8 Å². The number of aliphatic hydroxyl groups excluding tert-OH is 9. The predicted molar refractivity (Wildman–Crippen MR) is 345 cm³/mol. The molecule has 2 rings (SSSR count). The van der Waals surface area contributed by atoms with Gasteiger partial charge in [-0.05, 0) is 70.6 Å². The number of hydrogen-bond donors (Lipinski definition) is 15. The van der Waals surface area contributed by atoms with E-state index < -0.39 is 152 Å². The third-order valence-corrected chi connectivity index (χ3v) is 18.8. The summed E-state index contributed by atoms with van der Waals surface area (Å²) in [7, 11) is -13.3. The van der Waals surface area contributed by atoms with Crippen LogP contribution in [0.2, 0.25) is 0 Å². The Balaban J connectivity index is 1.85. The molecule has 2 saturated heterocycles. The van der Waals surface area contributed by atoms with Crippen molar-refractivity contribution in [3.63, 3.8) is 0 Å². The van der Waals surface area contributed by atoms with Crippen molar-refractivity contribution in [3.8, 4) is 0 Å². The van der Waals surface area contributed by atoms with Gasteiger partial charge in [-0.1, -0.05) is 52.4 Å². The van der Waals surface area contributed by atoms with Gasteiger partial charge in [-0.25, -0.2) is 13.7 Å². The molecule has 98 heavy (non-hydrogen) atoms. The molecule has 15 N–H and O–H groups in total. The molecular weight excluding hydrogens is 1370 g/mol. The van der Waals surface area contributed by atoms with E-state index in [0.29, 0.717) is 77.0 Å². The zero-order valence-electron chi connectivity index (χ0n) is 57.5. The van der Waals surface area contributed by atoms with Crippen molar-refractivity contribution in [2.45, 2.75) is 217 Å². The summed E-state index contributed by atoms with van der Waals surface area (Å²) in [5, 5.41) is 97.6. The van der Waals surface area contributed by atoms with Crippen molar-refractivity contribution in [1.29, 1.82) is 0 Å². The van der Waals surface area contributed by atoms with Gasteiger partial charge in [0.05, 0.1) is 98.6 Å². The largest absolute Gasteiger partial charge is 0.472 e. The minimum absolute atomic E-state index is 0.0761. The van der Waals surface area contributed by atoms with Crippen LogP contribution in [0.1, 0.15) is 138 Å². The molecule has 14 unspecified atom stereocenters. The fourth-order valence-electron chi connectivity index (χ4n) is 9.97. The van der Waals surface area contributed by atoms with E-state index in [9.17, 15) is 88.7 Å². The third kappa shape index (κ3) is 37.1. The minimum atomic E-state index is -4.44. The van der Waals surface area contributed by atoms with Crippen molar-refractivity contribution >= 4 is 41.2 Å². The van der Waals surface area contributed by atoms with Crippen LogP contribution in [-0.2, 0) is 97.9 Å². The highest BCUT2D eigenvalue weighted by Crippen LogP contribution is 2.45. The maximum absolute atomic E-state index is 12.7. The lowest BCUT2D eigenvalue weighted by atomic mass is 9.79. The van der Waals surface area contributed by atoms with Gasteiger partial charge in [-0.15, -0.1) is 0 Å². The zero-order chi connectivity index (χ0) is 73.2. The Morgan fingerprint density at radius 1 is 0.561 bits per heavy atom. The molecule has 2 aliphatic rings. The van der Waals surface area contributed by atoms with Gasteiger partial charge >= 0.3 is 23.5 Å². The second kappa shape index (κ2) is 50.5. The van der Waals surface area contributed by atoms with Crippen LogP contribution >= 0.6 is 23.5 Å². The second-order valence-corrected chi connectivity index (χ2v) is 28.8. The standard InChI is InChI=1S/C59H116N3O33P3/c1-42(2)58(39-81-22-19-31-91-96(75,76)88-28-16-10-7-13-25-84-55(47(34-63)60-44(4)68)94-49(35-64)43(3)67,40-82-23-20-32-92-97(77,78)89-29-17-11-8-14-26-85-56-51(61-45(5)69)53(73)52(72)50(36-65)95-56)41-83-24-21-33-93-98(79,80)90-30-18-12-9-15-27-86-57-59(38-66,62-46(6)70)54(74)48(71)37-87-57/h42-43,47-57,63-67,71-74H,7-41H2,1-6H3,(H,60,68)(H,61,69)(H,62,70)(H,75,76)(H,77,78)(H,79,80)/t43-,47+,48?,49?,50?,51?,52?,53?,54?,55?,56?,57?,58?,59+/m1/s1.